The maximum atomic E-state index is 12.6. The molecule has 0 amide bonds. The fourth-order valence-corrected chi connectivity index (χ4v) is 2.15. The van der Waals surface area contributed by atoms with Gasteiger partial charge in [-0.05, 0) is 35.2 Å². The monoisotopic (exact) mass is 325 g/mol. The smallest absolute Gasteiger partial charge is 0.488 e. The zero-order chi connectivity index (χ0) is 16.9. The van der Waals surface area contributed by atoms with Crippen molar-refractivity contribution < 1.29 is 22.6 Å². The summed E-state index contributed by atoms with van der Waals surface area (Å²) >= 11 is 0. The van der Waals surface area contributed by atoms with Gasteiger partial charge in [0.25, 0.3) is 0 Å². The number of benzene rings is 2. The molecule has 0 saturated heterocycles. The molecule has 2 N–H and O–H groups in total. The van der Waals surface area contributed by atoms with E-state index in [1.807, 2.05) is 31.2 Å². The van der Waals surface area contributed by atoms with Crippen LogP contribution in [-0.4, -0.2) is 19.5 Å². The average Bonchev–Trinajstić information content (AvgIpc) is 2.52. The number of hydrogen-bond acceptors (Lipinski definition) is 3. The summed E-state index contributed by atoms with van der Waals surface area (Å²) in [7, 11) is 0. The lowest BCUT2D eigenvalue weighted by Gasteiger charge is -2.15. The molecular formula is C17H18F3NO2. The average molecular weight is 325 g/mol. The van der Waals surface area contributed by atoms with E-state index in [-0.39, 0.29) is 24.7 Å². The van der Waals surface area contributed by atoms with E-state index in [0.29, 0.717) is 5.56 Å². The zero-order valence-electron chi connectivity index (χ0n) is 12.7. The van der Waals surface area contributed by atoms with Gasteiger partial charge < -0.3 is 15.2 Å². The molecule has 23 heavy (non-hydrogen) atoms. The summed E-state index contributed by atoms with van der Waals surface area (Å²) in [5, 5.41) is 0. The molecule has 0 radical (unpaired) electrons. The molecule has 0 atom stereocenters. The van der Waals surface area contributed by atoms with Crippen LogP contribution < -0.4 is 15.2 Å². The van der Waals surface area contributed by atoms with Gasteiger partial charge in [-0.15, -0.1) is 13.2 Å². The maximum absolute atomic E-state index is 12.6. The Morgan fingerprint density at radius 3 is 2.39 bits per heavy atom. The number of alkyl halides is 3. The highest BCUT2D eigenvalue weighted by molar-refractivity contribution is 5.67. The van der Waals surface area contributed by atoms with E-state index in [4.69, 9.17) is 10.5 Å². The summed E-state index contributed by atoms with van der Waals surface area (Å²) in [5.74, 6) is -0.353. The van der Waals surface area contributed by atoms with E-state index in [0.717, 1.165) is 17.5 Å². The SMILES string of the molecule is CCc1cccc(-c2ccc(OCCN)c(OC(F)(F)F)c2)c1. The van der Waals surface area contributed by atoms with Gasteiger partial charge in [-0.25, -0.2) is 0 Å². The Balaban J connectivity index is 2.39. The maximum Gasteiger partial charge on any atom is 0.573 e. The Labute approximate surface area is 132 Å². The van der Waals surface area contributed by atoms with Crippen molar-refractivity contribution in [1.29, 1.82) is 0 Å². The van der Waals surface area contributed by atoms with Crippen molar-refractivity contribution in [3.8, 4) is 22.6 Å². The molecule has 3 nitrogen and oxygen atoms in total. The molecule has 0 saturated carbocycles. The minimum Gasteiger partial charge on any atom is -0.488 e. The van der Waals surface area contributed by atoms with Gasteiger partial charge in [0.15, 0.2) is 11.5 Å². The quantitative estimate of drug-likeness (QED) is 0.867. The first-order chi connectivity index (χ1) is 10.9. The summed E-state index contributed by atoms with van der Waals surface area (Å²) in [4.78, 5) is 0. The van der Waals surface area contributed by atoms with E-state index in [1.54, 1.807) is 6.07 Å². The Morgan fingerprint density at radius 2 is 1.74 bits per heavy atom. The van der Waals surface area contributed by atoms with Crippen molar-refractivity contribution in [2.24, 2.45) is 5.73 Å². The number of halogens is 3. The zero-order valence-corrected chi connectivity index (χ0v) is 12.7. The van der Waals surface area contributed by atoms with Crippen molar-refractivity contribution in [3.63, 3.8) is 0 Å². The highest BCUT2D eigenvalue weighted by Crippen LogP contribution is 2.36. The number of aryl methyl sites for hydroxylation is 1. The van der Waals surface area contributed by atoms with Crippen molar-refractivity contribution >= 4 is 0 Å². The molecule has 2 aromatic rings. The van der Waals surface area contributed by atoms with Crippen LogP contribution in [0.1, 0.15) is 12.5 Å². The van der Waals surface area contributed by atoms with Gasteiger partial charge in [0.2, 0.25) is 0 Å². The van der Waals surface area contributed by atoms with Crippen molar-refractivity contribution in [2.75, 3.05) is 13.2 Å². The standard InChI is InChI=1S/C17H18F3NO2/c1-2-12-4-3-5-13(10-12)14-6-7-15(22-9-8-21)16(11-14)23-17(18,19)20/h3-7,10-11H,2,8-9,21H2,1H3. The van der Waals surface area contributed by atoms with Crippen LogP contribution in [0.4, 0.5) is 13.2 Å². The van der Waals surface area contributed by atoms with E-state index in [1.165, 1.54) is 12.1 Å². The second-order valence-corrected chi connectivity index (χ2v) is 4.90. The summed E-state index contributed by atoms with van der Waals surface area (Å²) in [5.41, 5.74) is 7.87. The van der Waals surface area contributed by atoms with Gasteiger partial charge in [0.1, 0.15) is 6.61 Å². The summed E-state index contributed by atoms with van der Waals surface area (Å²) in [6.45, 7) is 2.33. The van der Waals surface area contributed by atoms with Gasteiger partial charge in [-0.3, -0.25) is 0 Å². The third kappa shape index (κ3) is 4.89. The second-order valence-electron chi connectivity index (χ2n) is 4.90. The predicted octanol–water partition coefficient (Wildman–Crippen LogP) is 4.15. The third-order valence-electron chi connectivity index (χ3n) is 3.21. The van der Waals surface area contributed by atoms with Crippen LogP contribution in [0.2, 0.25) is 0 Å². The normalized spacial score (nSPS) is 11.3. The van der Waals surface area contributed by atoms with E-state index >= 15 is 0 Å². The van der Waals surface area contributed by atoms with Crippen LogP contribution in [0.25, 0.3) is 11.1 Å². The van der Waals surface area contributed by atoms with E-state index in [2.05, 4.69) is 4.74 Å². The minimum absolute atomic E-state index is 0.0168. The fourth-order valence-electron chi connectivity index (χ4n) is 2.15. The molecule has 0 aliphatic rings. The number of ether oxygens (including phenoxy) is 2. The molecule has 0 bridgehead atoms. The van der Waals surface area contributed by atoms with Gasteiger partial charge in [0, 0.05) is 6.54 Å². The molecule has 2 aromatic carbocycles. The Hall–Kier alpha value is -2.21. The Morgan fingerprint density at radius 1 is 1.00 bits per heavy atom. The molecule has 0 aliphatic heterocycles. The lowest BCUT2D eigenvalue weighted by atomic mass is 10.0. The van der Waals surface area contributed by atoms with Crippen LogP contribution in [0.3, 0.4) is 0 Å². The molecule has 0 aromatic heterocycles. The van der Waals surface area contributed by atoms with E-state index in [9.17, 15) is 13.2 Å². The Kier molecular flexibility index (Phi) is 5.50. The minimum atomic E-state index is -4.79. The summed E-state index contributed by atoms with van der Waals surface area (Å²) in [6.07, 6.45) is -3.94. The van der Waals surface area contributed by atoms with Gasteiger partial charge in [0.05, 0.1) is 0 Å². The first kappa shape index (κ1) is 17.1. The topological polar surface area (TPSA) is 44.5 Å². The lowest BCUT2D eigenvalue weighted by Crippen LogP contribution is -2.18. The van der Waals surface area contributed by atoms with Crippen molar-refractivity contribution in [3.05, 3.63) is 48.0 Å². The molecule has 124 valence electrons. The molecule has 6 heteroatoms. The number of rotatable bonds is 6. The Bertz CT molecular complexity index is 657. The number of nitrogens with two attached hydrogens (primary N) is 1. The van der Waals surface area contributed by atoms with E-state index < -0.39 is 6.36 Å². The van der Waals surface area contributed by atoms with Crippen LogP contribution in [0.15, 0.2) is 42.5 Å². The molecule has 2 rings (SSSR count). The van der Waals surface area contributed by atoms with Crippen LogP contribution in [0.5, 0.6) is 11.5 Å². The largest absolute Gasteiger partial charge is 0.573 e. The van der Waals surface area contributed by atoms with Crippen LogP contribution >= 0.6 is 0 Å². The molecule has 0 spiro atoms. The van der Waals surface area contributed by atoms with Gasteiger partial charge in [-0.1, -0.05) is 37.3 Å². The van der Waals surface area contributed by atoms with Crippen LogP contribution in [0, 0.1) is 0 Å². The first-order valence-corrected chi connectivity index (χ1v) is 7.25. The fraction of sp³-hybridized carbons (Fsp3) is 0.294. The highest BCUT2D eigenvalue weighted by Gasteiger charge is 2.32. The lowest BCUT2D eigenvalue weighted by molar-refractivity contribution is -0.275. The predicted molar refractivity (Wildman–Crippen MR) is 82.5 cm³/mol. The highest BCUT2D eigenvalue weighted by atomic mass is 19.4. The first-order valence-electron chi connectivity index (χ1n) is 7.25. The van der Waals surface area contributed by atoms with Gasteiger partial charge in [-0.2, -0.15) is 0 Å². The van der Waals surface area contributed by atoms with Gasteiger partial charge >= 0.3 is 6.36 Å². The van der Waals surface area contributed by atoms with Crippen molar-refractivity contribution in [2.45, 2.75) is 19.7 Å². The third-order valence-corrected chi connectivity index (χ3v) is 3.21. The second kappa shape index (κ2) is 7.37. The molecule has 0 aliphatic carbocycles. The van der Waals surface area contributed by atoms with Crippen molar-refractivity contribution in [1.82, 2.24) is 0 Å². The molecule has 0 heterocycles. The molecular weight excluding hydrogens is 307 g/mol. The molecule has 0 fully saturated rings. The summed E-state index contributed by atoms with van der Waals surface area (Å²) in [6, 6.07) is 12.1. The number of hydrogen-bond donors (Lipinski definition) is 1. The summed E-state index contributed by atoms with van der Waals surface area (Å²) < 4.78 is 47.1. The van der Waals surface area contributed by atoms with Crippen LogP contribution in [-0.2, 0) is 6.42 Å². The molecule has 0 unspecified atom stereocenters.